The van der Waals surface area contributed by atoms with Gasteiger partial charge in [-0.25, -0.2) is 19.0 Å². The van der Waals surface area contributed by atoms with Crippen LogP contribution in [0.3, 0.4) is 0 Å². The average Bonchev–Trinajstić information content (AvgIpc) is 3.33. The maximum Gasteiger partial charge on any atom is 0.357 e. The maximum atomic E-state index is 13.1. The number of halogens is 1. The van der Waals surface area contributed by atoms with Gasteiger partial charge in [0.1, 0.15) is 5.82 Å². The van der Waals surface area contributed by atoms with Gasteiger partial charge in [-0.15, -0.1) is 0 Å². The number of hydrogen-bond donors (Lipinski definition) is 2. The molecule has 1 saturated carbocycles. The molecule has 0 bridgehead atoms. The van der Waals surface area contributed by atoms with E-state index in [-0.39, 0.29) is 11.7 Å². The Kier molecular flexibility index (Phi) is 6.03. The second-order valence-corrected chi connectivity index (χ2v) is 6.62. The van der Waals surface area contributed by atoms with Crippen molar-refractivity contribution in [3.63, 3.8) is 0 Å². The van der Waals surface area contributed by atoms with Gasteiger partial charge >= 0.3 is 12.0 Å². The molecule has 0 unspecified atom stereocenters. The molecule has 8 nitrogen and oxygen atoms in total. The minimum atomic E-state index is -1.18. The zero-order chi connectivity index (χ0) is 20.1. The summed E-state index contributed by atoms with van der Waals surface area (Å²) >= 11 is 0. The molecule has 9 heteroatoms. The summed E-state index contributed by atoms with van der Waals surface area (Å²) in [4.78, 5) is 40.3. The quantitative estimate of drug-likeness (QED) is 0.766. The summed E-state index contributed by atoms with van der Waals surface area (Å²) in [7, 11) is 0. The van der Waals surface area contributed by atoms with Crippen molar-refractivity contribution in [2.24, 2.45) is 0 Å². The van der Waals surface area contributed by atoms with Gasteiger partial charge in [-0.2, -0.15) is 0 Å². The number of nitrogens with one attached hydrogen (secondary N) is 2. The Morgan fingerprint density at radius 1 is 1.21 bits per heavy atom. The predicted molar refractivity (Wildman–Crippen MR) is 97.3 cm³/mol. The molecule has 2 N–H and O–H groups in total. The molecule has 1 aromatic heterocycles. The zero-order valence-electron chi connectivity index (χ0n) is 15.4. The molecular weight excluding hydrogens is 367 g/mol. The lowest BCUT2D eigenvalue weighted by molar-refractivity contribution is -0.127. The topological polar surface area (TPSA) is 102 Å². The largest absolute Gasteiger partial charge is 0.448 e. The molecule has 148 valence electrons. The number of imidazole rings is 1. The first-order chi connectivity index (χ1) is 13.4. The van der Waals surface area contributed by atoms with Crippen LogP contribution in [0, 0.1) is 5.82 Å². The summed E-state index contributed by atoms with van der Waals surface area (Å²) < 4.78 is 19.7. The van der Waals surface area contributed by atoms with Crippen molar-refractivity contribution in [3.8, 4) is 5.69 Å². The van der Waals surface area contributed by atoms with Gasteiger partial charge in [-0.3, -0.25) is 14.7 Å². The van der Waals surface area contributed by atoms with Crippen LogP contribution >= 0.6 is 0 Å². The standard InChI is InChI=1S/C19H21FN4O4/c1-12(17(25)23-19(27)22-14-4-2-3-5-14)28-18(26)16-10-21-11-24(16)15-8-6-13(20)7-9-15/h6-12,14H,2-5H2,1H3,(H2,22,23,25,27)/t12-/m0/s1. The Bertz CT molecular complexity index is 859. The Labute approximate surface area is 161 Å². The van der Waals surface area contributed by atoms with Gasteiger partial charge in [-0.05, 0) is 44.0 Å². The van der Waals surface area contributed by atoms with Crippen LogP contribution in [0.2, 0.25) is 0 Å². The first-order valence-corrected chi connectivity index (χ1v) is 9.04. The first-order valence-electron chi connectivity index (χ1n) is 9.04. The Balaban J connectivity index is 1.58. The Morgan fingerprint density at radius 3 is 2.57 bits per heavy atom. The summed E-state index contributed by atoms with van der Waals surface area (Å²) in [5.74, 6) is -1.92. The van der Waals surface area contributed by atoms with E-state index in [1.165, 1.54) is 48.3 Å². The van der Waals surface area contributed by atoms with E-state index in [2.05, 4.69) is 15.6 Å². The lowest BCUT2D eigenvalue weighted by Crippen LogP contribution is -2.47. The number of rotatable bonds is 5. The zero-order valence-corrected chi connectivity index (χ0v) is 15.4. The number of amides is 3. The minimum absolute atomic E-state index is 0.0655. The molecule has 0 spiro atoms. The molecule has 1 heterocycles. The summed E-state index contributed by atoms with van der Waals surface area (Å²) in [6.45, 7) is 1.37. The third-order valence-electron chi connectivity index (χ3n) is 4.53. The van der Waals surface area contributed by atoms with E-state index in [0.717, 1.165) is 25.7 Å². The molecule has 1 atom stereocenters. The monoisotopic (exact) mass is 388 g/mol. The van der Waals surface area contributed by atoms with Crippen LogP contribution in [0.5, 0.6) is 0 Å². The summed E-state index contributed by atoms with van der Waals surface area (Å²) in [6.07, 6.45) is 5.35. The van der Waals surface area contributed by atoms with Crippen molar-refractivity contribution in [1.29, 1.82) is 0 Å². The number of urea groups is 1. The third kappa shape index (κ3) is 4.73. The fourth-order valence-corrected chi connectivity index (χ4v) is 3.03. The lowest BCUT2D eigenvalue weighted by atomic mass is 10.2. The molecule has 1 aromatic carbocycles. The van der Waals surface area contributed by atoms with Crippen LogP contribution in [0.4, 0.5) is 9.18 Å². The fourth-order valence-electron chi connectivity index (χ4n) is 3.03. The number of benzene rings is 1. The van der Waals surface area contributed by atoms with Gasteiger partial charge in [0.2, 0.25) is 0 Å². The molecule has 0 radical (unpaired) electrons. The first kappa shape index (κ1) is 19.5. The number of hydrogen-bond acceptors (Lipinski definition) is 5. The van der Waals surface area contributed by atoms with E-state index in [0.29, 0.717) is 5.69 Å². The molecule has 1 aliphatic carbocycles. The van der Waals surface area contributed by atoms with Crippen molar-refractivity contribution in [2.45, 2.75) is 44.8 Å². The smallest absolute Gasteiger partial charge is 0.357 e. The summed E-state index contributed by atoms with van der Waals surface area (Å²) in [6, 6.07) is 4.94. The number of esters is 1. The minimum Gasteiger partial charge on any atom is -0.448 e. The third-order valence-corrected chi connectivity index (χ3v) is 4.53. The SMILES string of the molecule is C[C@H](OC(=O)c1cncn1-c1ccc(F)cc1)C(=O)NC(=O)NC1CCCC1. The molecule has 28 heavy (non-hydrogen) atoms. The fraction of sp³-hybridized carbons (Fsp3) is 0.368. The average molecular weight is 388 g/mol. The van der Waals surface area contributed by atoms with E-state index in [4.69, 9.17) is 4.74 Å². The number of aromatic nitrogens is 2. The van der Waals surface area contributed by atoms with Crippen LogP contribution < -0.4 is 10.6 Å². The van der Waals surface area contributed by atoms with Crippen LogP contribution in [0.25, 0.3) is 5.69 Å². The number of nitrogens with zero attached hydrogens (tertiary/aromatic N) is 2. The van der Waals surface area contributed by atoms with Crippen molar-refractivity contribution in [2.75, 3.05) is 0 Å². The van der Waals surface area contributed by atoms with Crippen LogP contribution in [-0.4, -0.2) is 39.6 Å². The van der Waals surface area contributed by atoms with E-state index in [9.17, 15) is 18.8 Å². The van der Waals surface area contributed by atoms with E-state index in [1.807, 2.05) is 0 Å². The number of carbonyl (C=O) groups is 3. The van der Waals surface area contributed by atoms with Gasteiger partial charge < -0.3 is 10.1 Å². The maximum absolute atomic E-state index is 13.1. The summed E-state index contributed by atoms with van der Waals surface area (Å²) in [5.41, 5.74) is 0.584. The van der Waals surface area contributed by atoms with Gasteiger partial charge in [0.25, 0.3) is 5.91 Å². The van der Waals surface area contributed by atoms with E-state index >= 15 is 0 Å². The van der Waals surface area contributed by atoms with Crippen LogP contribution in [0.15, 0.2) is 36.8 Å². The summed E-state index contributed by atoms with van der Waals surface area (Å²) in [5, 5.41) is 4.90. The highest BCUT2D eigenvalue weighted by Crippen LogP contribution is 2.17. The van der Waals surface area contributed by atoms with Crippen molar-refractivity contribution in [3.05, 3.63) is 48.3 Å². The molecule has 1 aliphatic rings. The van der Waals surface area contributed by atoms with E-state index in [1.54, 1.807) is 0 Å². The predicted octanol–water partition coefficient (Wildman–Crippen LogP) is 2.33. The highest BCUT2D eigenvalue weighted by atomic mass is 19.1. The van der Waals surface area contributed by atoms with Crippen molar-refractivity contribution >= 4 is 17.9 Å². The van der Waals surface area contributed by atoms with Crippen molar-refractivity contribution < 1.29 is 23.5 Å². The number of carbonyl (C=O) groups excluding carboxylic acids is 3. The Hall–Kier alpha value is -3.23. The molecule has 0 aliphatic heterocycles. The second-order valence-electron chi connectivity index (χ2n) is 6.62. The molecule has 0 saturated heterocycles. The van der Waals surface area contributed by atoms with Gasteiger partial charge in [-0.1, -0.05) is 12.8 Å². The lowest BCUT2D eigenvalue weighted by Gasteiger charge is -2.16. The molecule has 3 rings (SSSR count). The highest BCUT2D eigenvalue weighted by Gasteiger charge is 2.24. The molecular formula is C19H21FN4O4. The number of imide groups is 1. The van der Waals surface area contributed by atoms with Crippen molar-refractivity contribution in [1.82, 2.24) is 20.2 Å². The van der Waals surface area contributed by atoms with Gasteiger partial charge in [0, 0.05) is 11.7 Å². The second kappa shape index (κ2) is 8.64. The molecule has 1 fully saturated rings. The highest BCUT2D eigenvalue weighted by molar-refractivity contribution is 5.98. The number of ether oxygens (including phenoxy) is 1. The van der Waals surface area contributed by atoms with Gasteiger partial charge in [0.15, 0.2) is 11.8 Å². The Morgan fingerprint density at radius 2 is 1.89 bits per heavy atom. The molecule has 3 amide bonds. The van der Waals surface area contributed by atoms with Crippen LogP contribution in [0.1, 0.15) is 43.1 Å². The van der Waals surface area contributed by atoms with E-state index < -0.39 is 29.8 Å². The normalized spacial score (nSPS) is 15.1. The van der Waals surface area contributed by atoms with Gasteiger partial charge in [0.05, 0.1) is 12.5 Å². The molecule has 2 aromatic rings. The van der Waals surface area contributed by atoms with Crippen LogP contribution in [-0.2, 0) is 9.53 Å².